The average Bonchev–Trinajstić information content (AvgIpc) is 3.43. The van der Waals surface area contributed by atoms with Crippen molar-refractivity contribution in [3.63, 3.8) is 0 Å². The molecule has 2 bridgehead atoms. The van der Waals surface area contributed by atoms with E-state index in [2.05, 4.69) is 25.7 Å². The van der Waals surface area contributed by atoms with Gasteiger partial charge in [0.2, 0.25) is 18.3 Å². The molecular weight excluding hydrogens is 549 g/mol. The first-order chi connectivity index (χ1) is 19.4. The fourth-order valence-corrected chi connectivity index (χ4v) is 4.76. The zero-order chi connectivity index (χ0) is 29.5. The maximum absolute atomic E-state index is 14.2. The molecule has 2 N–H and O–H groups in total. The van der Waals surface area contributed by atoms with Crippen LogP contribution in [0.4, 0.5) is 33.6 Å². The number of pyridine rings is 1. The van der Waals surface area contributed by atoms with E-state index < -0.39 is 30.5 Å². The normalized spacial score (nSPS) is 17.2. The van der Waals surface area contributed by atoms with E-state index in [9.17, 15) is 26.7 Å². The monoisotopic (exact) mass is 577 g/mol. The molecule has 218 valence electrons. The van der Waals surface area contributed by atoms with Crippen molar-refractivity contribution in [1.82, 2.24) is 24.3 Å². The number of rotatable bonds is 3. The predicted octanol–water partition coefficient (Wildman–Crippen LogP) is 5.81. The molecule has 1 aromatic carbocycles. The van der Waals surface area contributed by atoms with Gasteiger partial charge in [0.15, 0.2) is 0 Å². The van der Waals surface area contributed by atoms with Crippen molar-refractivity contribution in [3.8, 4) is 17.1 Å². The Balaban J connectivity index is 1.59. The number of hydrogen-bond donors (Lipinski definition) is 2. The van der Waals surface area contributed by atoms with E-state index in [0.29, 0.717) is 34.8 Å². The molecule has 0 saturated carbocycles. The van der Waals surface area contributed by atoms with Crippen molar-refractivity contribution in [1.29, 1.82) is 0 Å². The number of fused-ring (bicyclic) bond motifs is 7. The smallest absolute Gasteiger partial charge is 0.408 e. The Morgan fingerprint density at radius 2 is 1.95 bits per heavy atom. The lowest BCUT2D eigenvalue weighted by molar-refractivity contribution is -0.138. The summed E-state index contributed by atoms with van der Waals surface area (Å²) in [4.78, 5) is 22.4. The van der Waals surface area contributed by atoms with Crippen molar-refractivity contribution in [3.05, 3.63) is 47.8 Å². The van der Waals surface area contributed by atoms with E-state index in [-0.39, 0.29) is 42.3 Å². The first kappa shape index (κ1) is 28.3. The zero-order valence-electron chi connectivity index (χ0n) is 22.5. The molecule has 41 heavy (non-hydrogen) atoms. The number of aryl methyl sites for hydroxylation is 2. The highest BCUT2D eigenvalue weighted by molar-refractivity contribution is 6.05. The number of carbonyl (C=O) groups is 1. The van der Waals surface area contributed by atoms with Crippen molar-refractivity contribution in [2.75, 3.05) is 17.2 Å². The Hall–Kier alpha value is -4.23. The number of amides is 1. The number of carbonyl (C=O) groups excluding carboxylic acids is 1. The van der Waals surface area contributed by atoms with Crippen molar-refractivity contribution in [2.45, 2.75) is 51.9 Å². The second kappa shape index (κ2) is 11.0. The van der Waals surface area contributed by atoms with Crippen molar-refractivity contribution < 1.29 is 31.5 Å². The number of hydrogen-bond acceptors (Lipinski definition) is 6. The number of aromatic nitrogens is 5. The van der Waals surface area contributed by atoms with Gasteiger partial charge in [0.1, 0.15) is 6.04 Å². The molecule has 2 atom stereocenters. The Kier molecular flexibility index (Phi) is 7.58. The van der Waals surface area contributed by atoms with E-state index >= 15 is 0 Å². The van der Waals surface area contributed by atoms with Gasteiger partial charge in [-0.05, 0) is 57.0 Å². The van der Waals surface area contributed by atoms with Gasteiger partial charge in [-0.3, -0.25) is 15.1 Å². The molecule has 0 spiro atoms. The third-order valence-electron chi connectivity index (χ3n) is 6.96. The maximum atomic E-state index is 14.2. The molecule has 5 rings (SSSR count). The van der Waals surface area contributed by atoms with Crippen LogP contribution in [0.1, 0.15) is 35.8 Å². The topological polar surface area (TPSA) is 98.9 Å². The molecule has 0 aliphatic carbocycles. The van der Waals surface area contributed by atoms with Crippen LogP contribution in [-0.4, -0.2) is 55.5 Å². The van der Waals surface area contributed by atoms with Crippen LogP contribution in [0.25, 0.3) is 22.3 Å². The number of imidazole rings is 1. The molecule has 4 aromatic rings. The van der Waals surface area contributed by atoms with Gasteiger partial charge in [0.05, 0.1) is 35.1 Å². The van der Waals surface area contributed by atoms with Gasteiger partial charge >= 0.3 is 6.18 Å². The van der Waals surface area contributed by atoms with E-state index in [4.69, 9.17) is 4.74 Å². The average molecular weight is 578 g/mol. The molecule has 1 aliphatic heterocycles. The van der Waals surface area contributed by atoms with E-state index in [1.54, 1.807) is 32.3 Å². The van der Waals surface area contributed by atoms with E-state index in [1.807, 2.05) is 0 Å². The van der Waals surface area contributed by atoms with E-state index in [1.165, 1.54) is 27.4 Å². The summed E-state index contributed by atoms with van der Waals surface area (Å²) in [6, 6.07) is 5.64. The van der Waals surface area contributed by atoms with Gasteiger partial charge in [-0.25, -0.2) is 18.4 Å². The summed E-state index contributed by atoms with van der Waals surface area (Å²) in [5.41, 5.74) is 2.56. The first-order valence-electron chi connectivity index (χ1n) is 13.0. The van der Waals surface area contributed by atoms with Crippen LogP contribution in [-0.2, 0) is 13.6 Å². The largest absolute Gasteiger partial charge is 0.477 e. The van der Waals surface area contributed by atoms with Gasteiger partial charge in [-0.2, -0.15) is 18.3 Å². The molecular formula is C27H28F5N7O2. The van der Waals surface area contributed by atoms with Gasteiger partial charge in [0, 0.05) is 36.5 Å². The Labute approximate surface area is 231 Å². The summed E-state index contributed by atoms with van der Waals surface area (Å²) >= 11 is 0. The SMILES string of the molecule is Cc1cc2cc(n1)-c1cnn(C)c1OCCC[C@@H](C(F)F)Cn1c(nc3cc(N[C@H](C)C(F)(F)F)ccc31)NC2=O. The lowest BCUT2D eigenvalue weighted by atomic mass is 10.0. The molecule has 9 nitrogen and oxygen atoms in total. The minimum absolute atomic E-state index is 0.000809. The molecule has 14 heteroatoms. The highest BCUT2D eigenvalue weighted by Gasteiger charge is 2.36. The second-order valence-electron chi connectivity index (χ2n) is 10.1. The Morgan fingerprint density at radius 1 is 1.17 bits per heavy atom. The number of nitrogens with zero attached hydrogens (tertiary/aromatic N) is 5. The molecule has 3 aromatic heterocycles. The summed E-state index contributed by atoms with van der Waals surface area (Å²) in [6.07, 6.45) is -5.18. The van der Waals surface area contributed by atoms with E-state index in [0.717, 1.165) is 6.92 Å². The molecule has 1 amide bonds. The standard InChI is InChI=1S/C27H28F5N7O2/c1-14-9-17-10-20(34-14)19-12-33-38(3)25(19)41-8-4-5-16(23(28)29)13-39-22-7-6-18(35-15(2)27(30,31)32)11-21(22)36-26(39)37-24(17)40/h6-7,9-12,15-16,23,35H,4-5,8,13H2,1-3H3,(H,36,37,40)/t15-,16-/m1/s1. The quantitative estimate of drug-likeness (QED) is 0.298. The molecule has 0 radical (unpaired) electrons. The van der Waals surface area contributed by atoms with Crippen LogP contribution in [0.15, 0.2) is 36.5 Å². The van der Waals surface area contributed by atoms with Gasteiger partial charge in [0.25, 0.3) is 5.91 Å². The fourth-order valence-electron chi connectivity index (χ4n) is 4.76. The van der Waals surface area contributed by atoms with Gasteiger partial charge < -0.3 is 14.6 Å². The highest BCUT2D eigenvalue weighted by Crippen LogP contribution is 2.32. The number of ether oxygens (including phenoxy) is 1. The third kappa shape index (κ3) is 5.95. The minimum Gasteiger partial charge on any atom is -0.477 e. The van der Waals surface area contributed by atoms with Gasteiger partial charge in [-0.1, -0.05) is 0 Å². The molecule has 4 heterocycles. The number of nitrogens with one attached hydrogen (secondary N) is 2. The molecule has 0 fully saturated rings. The first-order valence-corrected chi connectivity index (χ1v) is 13.0. The fraction of sp³-hybridized carbons (Fsp3) is 0.407. The third-order valence-corrected chi connectivity index (χ3v) is 6.96. The number of halogens is 5. The predicted molar refractivity (Wildman–Crippen MR) is 142 cm³/mol. The Bertz CT molecular complexity index is 1580. The van der Waals surface area contributed by atoms with Gasteiger partial charge in [-0.15, -0.1) is 0 Å². The maximum Gasteiger partial charge on any atom is 0.408 e. The lowest BCUT2D eigenvalue weighted by Gasteiger charge is -2.20. The number of alkyl halides is 5. The minimum atomic E-state index is -4.47. The zero-order valence-corrected chi connectivity index (χ0v) is 22.5. The summed E-state index contributed by atoms with van der Waals surface area (Å²) in [5.74, 6) is -1.27. The van der Waals surface area contributed by atoms with Crippen LogP contribution in [0.5, 0.6) is 5.88 Å². The highest BCUT2D eigenvalue weighted by atomic mass is 19.4. The van der Waals surface area contributed by atoms with Crippen molar-refractivity contribution >= 4 is 28.6 Å². The summed E-state index contributed by atoms with van der Waals surface area (Å²) in [6.45, 7) is 2.67. The molecule has 1 aliphatic rings. The Morgan fingerprint density at radius 3 is 2.68 bits per heavy atom. The van der Waals surface area contributed by atoms with Crippen LogP contribution in [0.2, 0.25) is 0 Å². The lowest BCUT2D eigenvalue weighted by Crippen LogP contribution is -2.33. The van der Waals surface area contributed by atoms with Crippen molar-refractivity contribution in [2.24, 2.45) is 13.0 Å². The summed E-state index contributed by atoms with van der Waals surface area (Å²) < 4.78 is 76.6. The van der Waals surface area contributed by atoms with Crippen LogP contribution >= 0.6 is 0 Å². The number of benzene rings is 1. The van der Waals surface area contributed by atoms with Crippen LogP contribution < -0.4 is 15.4 Å². The summed E-state index contributed by atoms with van der Waals surface area (Å²) in [7, 11) is 1.69. The number of anilines is 2. The second-order valence-corrected chi connectivity index (χ2v) is 10.1. The van der Waals surface area contributed by atoms with Crippen LogP contribution in [0.3, 0.4) is 0 Å². The van der Waals surface area contributed by atoms with Crippen LogP contribution in [0, 0.1) is 12.8 Å². The summed E-state index contributed by atoms with van der Waals surface area (Å²) in [5, 5.41) is 9.33. The molecule has 0 unspecified atom stereocenters. The molecule has 0 saturated heterocycles.